The van der Waals surface area contributed by atoms with Gasteiger partial charge in [0.05, 0.1) is 26.4 Å². The summed E-state index contributed by atoms with van der Waals surface area (Å²) in [7, 11) is 0. The average molecular weight is 205 g/mol. The van der Waals surface area contributed by atoms with Gasteiger partial charge < -0.3 is 19.7 Å². The lowest BCUT2D eigenvalue weighted by atomic mass is 10.6. The van der Waals surface area contributed by atoms with E-state index in [1.807, 2.05) is 0 Å². The predicted octanol–water partition coefficient (Wildman–Crippen LogP) is -0.267. The second-order valence-corrected chi connectivity index (χ2v) is 2.10. The van der Waals surface area contributed by atoms with E-state index in [0.717, 1.165) is 0 Å². The predicted molar refractivity (Wildman–Crippen MR) is 44.4 cm³/mol. The summed E-state index contributed by atoms with van der Waals surface area (Å²) in [6.07, 6.45) is -1.53. The van der Waals surface area contributed by atoms with Gasteiger partial charge in [0.25, 0.3) is 0 Å². The molecule has 0 spiro atoms. The highest BCUT2D eigenvalue weighted by Gasteiger charge is 2.14. The molecule has 1 atom stereocenters. The van der Waals surface area contributed by atoms with E-state index in [2.05, 4.69) is 14.8 Å². The Morgan fingerprint density at radius 1 is 1.50 bits per heavy atom. The Balaban J connectivity index is 3.61. The molecule has 14 heavy (non-hydrogen) atoms. The van der Waals surface area contributed by atoms with Crippen LogP contribution in [-0.4, -0.2) is 48.8 Å². The molecule has 0 aromatic carbocycles. The van der Waals surface area contributed by atoms with E-state index in [-0.39, 0.29) is 26.4 Å². The summed E-state index contributed by atoms with van der Waals surface area (Å²) in [6, 6.07) is 0. The minimum Gasteiger partial charge on any atom is -0.479 e. The molecule has 0 heterocycles. The Kier molecular flexibility index (Phi) is 7.48. The summed E-state index contributed by atoms with van der Waals surface area (Å²) >= 11 is 0. The van der Waals surface area contributed by atoms with Crippen molar-refractivity contribution in [2.45, 2.75) is 6.23 Å². The van der Waals surface area contributed by atoms with Crippen LogP contribution in [0, 0.1) is 0 Å². The first-order chi connectivity index (χ1) is 6.72. The van der Waals surface area contributed by atoms with Gasteiger partial charge in [0.15, 0.2) is 0 Å². The number of ether oxygens (including phenoxy) is 2. The second-order valence-electron chi connectivity index (χ2n) is 2.10. The maximum absolute atomic E-state index is 10.3. The minimum absolute atomic E-state index is 0.0179. The van der Waals surface area contributed by atoms with Crippen molar-refractivity contribution in [1.29, 1.82) is 0 Å². The number of aliphatic carboxylic acids is 1. The quantitative estimate of drug-likeness (QED) is 0.244. The fourth-order valence-corrected chi connectivity index (χ4v) is 0.586. The zero-order valence-electron chi connectivity index (χ0n) is 7.37. The molecule has 8 nitrogen and oxygen atoms in total. The zero-order valence-corrected chi connectivity index (χ0v) is 7.37. The monoisotopic (exact) mass is 205 g/mol. The first kappa shape index (κ1) is 12.7. The molecule has 0 saturated heterocycles. The summed E-state index contributed by atoms with van der Waals surface area (Å²) in [6.45, 7) is 0.155. The maximum atomic E-state index is 10.3. The SMILES string of the molecule is [N-]=[N+]=NC(OCCOCCO)C(=O)O. The minimum atomic E-state index is -1.53. The number of carboxylic acids is 1. The van der Waals surface area contributed by atoms with Gasteiger partial charge >= 0.3 is 5.97 Å². The van der Waals surface area contributed by atoms with Crippen LogP contribution in [0.4, 0.5) is 0 Å². The summed E-state index contributed by atoms with van der Waals surface area (Å²) in [5, 5.41) is 19.7. The van der Waals surface area contributed by atoms with Crippen molar-refractivity contribution in [2.24, 2.45) is 5.11 Å². The third-order valence-electron chi connectivity index (χ3n) is 1.11. The van der Waals surface area contributed by atoms with E-state index >= 15 is 0 Å². The lowest BCUT2D eigenvalue weighted by Gasteiger charge is -2.07. The van der Waals surface area contributed by atoms with Gasteiger partial charge in [-0.3, -0.25) is 0 Å². The molecule has 0 amide bonds. The Morgan fingerprint density at radius 3 is 2.71 bits per heavy atom. The molecule has 0 radical (unpaired) electrons. The Bertz CT molecular complexity index is 214. The van der Waals surface area contributed by atoms with E-state index in [0.29, 0.717) is 0 Å². The third-order valence-corrected chi connectivity index (χ3v) is 1.11. The van der Waals surface area contributed by atoms with Crippen LogP contribution in [0.15, 0.2) is 5.11 Å². The molecule has 2 N–H and O–H groups in total. The summed E-state index contributed by atoms with van der Waals surface area (Å²) in [4.78, 5) is 12.6. The lowest BCUT2D eigenvalue weighted by Crippen LogP contribution is -2.23. The highest BCUT2D eigenvalue weighted by Crippen LogP contribution is 1.94. The fourth-order valence-electron chi connectivity index (χ4n) is 0.586. The fraction of sp³-hybridized carbons (Fsp3) is 0.833. The molecular formula is C6H11N3O5. The molecule has 1 unspecified atom stereocenters. The second kappa shape index (κ2) is 8.27. The maximum Gasteiger partial charge on any atom is 0.339 e. The summed E-state index contributed by atoms with van der Waals surface area (Å²) in [5.41, 5.74) is 7.98. The first-order valence-electron chi connectivity index (χ1n) is 3.79. The van der Waals surface area contributed by atoms with Crippen LogP contribution >= 0.6 is 0 Å². The Hall–Kier alpha value is -1.34. The van der Waals surface area contributed by atoms with Gasteiger partial charge in [-0.15, -0.1) is 0 Å². The number of carboxylic acid groups (broad SMARTS) is 1. The van der Waals surface area contributed by atoms with Crippen LogP contribution in [0.5, 0.6) is 0 Å². The molecule has 0 bridgehead atoms. The number of carbonyl (C=O) groups is 1. The number of aliphatic hydroxyl groups is 1. The van der Waals surface area contributed by atoms with Gasteiger partial charge in [0, 0.05) is 4.91 Å². The molecule has 0 aliphatic rings. The molecule has 0 aromatic heterocycles. The van der Waals surface area contributed by atoms with Crippen LogP contribution < -0.4 is 0 Å². The lowest BCUT2D eigenvalue weighted by molar-refractivity contribution is -0.150. The topological polar surface area (TPSA) is 125 Å². The molecular weight excluding hydrogens is 194 g/mol. The van der Waals surface area contributed by atoms with Crippen molar-refractivity contribution in [1.82, 2.24) is 0 Å². The van der Waals surface area contributed by atoms with Crippen molar-refractivity contribution in [3.63, 3.8) is 0 Å². The molecule has 0 rings (SSSR count). The number of hydrogen-bond acceptors (Lipinski definition) is 5. The van der Waals surface area contributed by atoms with Crippen molar-refractivity contribution in [2.75, 3.05) is 26.4 Å². The van der Waals surface area contributed by atoms with Crippen molar-refractivity contribution < 1.29 is 24.5 Å². The van der Waals surface area contributed by atoms with Crippen molar-refractivity contribution in [3.05, 3.63) is 10.4 Å². The highest BCUT2D eigenvalue weighted by atomic mass is 16.6. The first-order valence-corrected chi connectivity index (χ1v) is 3.79. The molecule has 0 saturated carbocycles. The van der Waals surface area contributed by atoms with Crippen LogP contribution in [0.2, 0.25) is 0 Å². The van der Waals surface area contributed by atoms with Gasteiger partial charge in [-0.25, -0.2) is 4.79 Å². The van der Waals surface area contributed by atoms with E-state index in [1.54, 1.807) is 0 Å². The number of rotatable bonds is 8. The highest BCUT2D eigenvalue weighted by molar-refractivity contribution is 5.71. The Labute approximate surface area is 79.7 Å². The van der Waals surface area contributed by atoms with Gasteiger partial charge in [0.1, 0.15) is 0 Å². The van der Waals surface area contributed by atoms with Crippen LogP contribution in [-0.2, 0) is 14.3 Å². The van der Waals surface area contributed by atoms with E-state index in [9.17, 15) is 4.79 Å². The number of azide groups is 1. The Morgan fingerprint density at radius 2 is 2.21 bits per heavy atom. The molecule has 80 valence electrons. The number of hydrogen-bond donors (Lipinski definition) is 2. The van der Waals surface area contributed by atoms with Gasteiger partial charge in [-0.1, -0.05) is 5.11 Å². The molecule has 0 fully saturated rings. The van der Waals surface area contributed by atoms with E-state index < -0.39 is 12.2 Å². The van der Waals surface area contributed by atoms with Gasteiger partial charge in [-0.2, -0.15) is 0 Å². The largest absolute Gasteiger partial charge is 0.479 e. The van der Waals surface area contributed by atoms with Gasteiger partial charge in [0.2, 0.25) is 6.23 Å². The van der Waals surface area contributed by atoms with Crippen LogP contribution in [0.3, 0.4) is 0 Å². The molecule has 0 aliphatic carbocycles. The summed E-state index contributed by atoms with van der Waals surface area (Å²) < 4.78 is 9.45. The van der Waals surface area contributed by atoms with Crippen molar-refractivity contribution >= 4 is 5.97 Å². The molecule has 0 aromatic rings. The van der Waals surface area contributed by atoms with E-state index in [1.165, 1.54) is 0 Å². The molecule has 0 aliphatic heterocycles. The van der Waals surface area contributed by atoms with Crippen LogP contribution in [0.1, 0.15) is 0 Å². The smallest absolute Gasteiger partial charge is 0.339 e. The third kappa shape index (κ3) is 6.21. The van der Waals surface area contributed by atoms with Gasteiger partial charge in [-0.05, 0) is 5.53 Å². The molecule has 8 heteroatoms. The number of aliphatic hydroxyl groups excluding tert-OH is 1. The average Bonchev–Trinajstić information content (AvgIpc) is 2.15. The number of nitrogens with zero attached hydrogens (tertiary/aromatic N) is 3. The van der Waals surface area contributed by atoms with Crippen LogP contribution in [0.25, 0.3) is 10.4 Å². The summed E-state index contributed by atoms with van der Waals surface area (Å²) in [5.74, 6) is -1.36. The normalized spacial score (nSPS) is 11.8. The zero-order chi connectivity index (χ0) is 10.8. The van der Waals surface area contributed by atoms with Crippen molar-refractivity contribution in [3.8, 4) is 0 Å². The van der Waals surface area contributed by atoms with E-state index in [4.69, 9.17) is 20.5 Å². The standard InChI is InChI=1S/C6H11N3O5/c7-9-8-5(6(11)12)14-4-3-13-2-1-10/h5,10H,1-4H2,(H,11,12).